The summed E-state index contributed by atoms with van der Waals surface area (Å²) in [6, 6.07) is 0. The summed E-state index contributed by atoms with van der Waals surface area (Å²) in [6.07, 6.45) is 5.96. The number of nitrogens with zero attached hydrogens (tertiary/aromatic N) is 1. The molecule has 1 amide bonds. The molecule has 0 unspecified atom stereocenters. The zero-order chi connectivity index (χ0) is 11.7. The van der Waals surface area contributed by atoms with Gasteiger partial charge in [-0.15, -0.1) is 0 Å². The maximum absolute atomic E-state index is 12.4. The second kappa shape index (κ2) is 4.58. The number of carbonyl (C=O) groups excluding carboxylic acids is 1. The first kappa shape index (κ1) is 11.5. The van der Waals surface area contributed by atoms with Crippen LogP contribution in [0.1, 0.15) is 32.1 Å². The number of hydrogen-bond donors (Lipinski definition) is 1. The number of ether oxygens (including phenoxy) is 1. The topological polar surface area (TPSA) is 41.6 Å². The Labute approximate surface area is 103 Å². The lowest BCUT2D eigenvalue weighted by Gasteiger charge is -2.49. The van der Waals surface area contributed by atoms with Crippen molar-refractivity contribution in [2.45, 2.75) is 37.7 Å². The summed E-state index contributed by atoms with van der Waals surface area (Å²) in [4.78, 5) is 14.5. The molecule has 1 aliphatic carbocycles. The van der Waals surface area contributed by atoms with Gasteiger partial charge in [-0.2, -0.15) is 0 Å². The van der Waals surface area contributed by atoms with Crippen molar-refractivity contribution in [1.82, 2.24) is 10.2 Å². The van der Waals surface area contributed by atoms with E-state index in [4.69, 9.17) is 4.74 Å². The Morgan fingerprint density at radius 2 is 2.00 bits per heavy atom. The first-order chi connectivity index (χ1) is 8.29. The highest BCUT2D eigenvalue weighted by atomic mass is 16.5. The Morgan fingerprint density at radius 3 is 2.65 bits per heavy atom. The number of rotatable bonds is 1. The molecule has 1 saturated carbocycles. The Balaban J connectivity index is 1.60. The van der Waals surface area contributed by atoms with Crippen molar-refractivity contribution in [1.29, 1.82) is 0 Å². The van der Waals surface area contributed by atoms with Crippen molar-refractivity contribution in [2.75, 3.05) is 32.8 Å². The standard InChI is InChI=1S/C13H22N2O2/c16-12(11-4-2-1-3-5-11)15-6-7-17-13(10-15)8-14-9-13/h11,14H,1-10H2. The van der Waals surface area contributed by atoms with Crippen LogP contribution in [0.5, 0.6) is 0 Å². The van der Waals surface area contributed by atoms with Gasteiger partial charge in [0.25, 0.3) is 0 Å². The van der Waals surface area contributed by atoms with Crippen LogP contribution in [0.4, 0.5) is 0 Å². The first-order valence-corrected chi connectivity index (χ1v) is 6.93. The van der Waals surface area contributed by atoms with E-state index in [2.05, 4.69) is 10.2 Å². The molecule has 0 aromatic heterocycles. The number of morpholine rings is 1. The van der Waals surface area contributed by atoms with Crippen molar-refractivity contribution in [3.8, 4) is 0 Å². The molecular weight excluding hydrogens is 216 g/mol. The quantitative estimate of drug-likeness (QED) is 0.733. The van der Waals surface area contributed by atoms with E-state index in [0.717, 1.165) is 39.0 Å². The second-order valence-electron chi connectivity index (χ2n) is 5.73. The van der Waals surface area contributed by atoms with Crippen LogP contribution in [0.3, 0.4) is 0 Å². The van der Waals surface area contributed by atoms with Crippen molar-refractivity contribution >= 4 is 5.91 Å². The molecule has 1 spiro atoms. The Hall–Kier alpha value is -0.610. The van der Waals surface area contributed by atoms with E-state index in [1.165, 1.54) is 19.3 Å². The molecule has 2 saturated heterocycles. The van der Waals surface area contributed by atoms with Crippen molar-refractivity contribution in [2.24, 2.45) is 5.92 Å². The molecule has 17 heavy (non-hydrogen) atoms. The van der Waals surface area contributed by atoms with Gasteiger partial charge in [0.05, 0.1) is 13.2 Å². The molecule has 0 aromatic carbocycles. The fourth-order valence-corrected chi connectivity index (χ4v) is 3.26. The van der Waals surface area contributed by atoms with Gasteiger partial charge < -0.3 is 15.0 Å². The summed E-state index contributed by atoms with van der Waals surface area (Å²) in [6.45, 7) is 4.11. The Morgan fingerprint density at radius 1 is 1.24 bits per heavy atom. The second-order valence-corrected chi connectivity index (χ2v) is 5.73. The lowest BCUT2D eigenvalue weighted by atomic mass is 9.87. The molecule has 0 aromatic rings. The first-order valence-electron chi connectivity index (χ1n) is 6.93. The van der Waals surface area contributed by atoms with Crippen molar-refractivity contribution in [3.05, 3.63) is 0 Å². The van der Waals surface area contributed by atoms with Crippen molar-refractivity contribution in [3.63, 3.8) is 0 Å². The number of amides is 1. The number of nitrogens with one attached hydrogen (secondary N) is 1. The van der Waals surface area contributed by atoms with Gasteiger partial charge >= 0.3 is 0 Å². The summed E-state index contributed by atoms with van der Waals surface area (Å²) in [5, 5.41) is 3.25. The highest BCUT2D eigenvalue weighted by molar-refractivity contribution is 5.79. The van der Waals surface area contributed by atoms with Crippen molar-refractivity contribution < 1.29 is 9.53 Å². The molecule has 4 nitrogen and oxygen atoms in total. The maximum Gasteiger partial charge on any atom is 0.225 e. The van der Waals surface area contributed by atoms with E-state index in [-0.39, 0.29) is 5.60 Å². The normalized spacial score (nSPS) is 29.1. The summed E-state index contributed by atoms with van der Waals surface area (Å²) in [7, 11) is 0. The van der Waals surface area contributed by atoms with E-state index in [1.54, 1.807) is 0 Å². The largest absolute Gasteiger partial charge is 0.369 e. The molecule has 2 heterocycles. The Kier molecular flexibility index (Phi) is 3.09. The minimum atomic E-state index is -0.0530. The van der Waals surface area contributed by atoms with Gasteiger partial charge in [-0.3, -0.25) is 4.79 Å². The average Bonchev–Trinajstić information content (AvgIpc) is 2.37. The molecule has 3 rings (SSSR count). The zero-order valence-corrected chi connectivity index (χ0v) is 10.4. The molecule has 96 valence electrons. The fraction of sp³-hybridized carbons (Fsp3) is 0.923. The van der Waals surface area contributed by atoms with Crippen LogP contribution in [0, 0.1) is 5.92 Å². The third kappa shape index (κ3) is 2.20. The highest BCUT2D eigenvalue weighted by Crippen LogP contribution is 2.28. The van der Waals surface area contributed by atoms with Gasteiger partial charge in [0.2, 0.25) is 5.91 Å². The molecule has 0 bridgehead atoms. The summed E-state index contributed by atoms with van der Waals surface area (Å²) >= 11 is 0. The van der Waals surface area contributed by atoms with Crippen LogP contribution >= 0.6 is 0 Å². The predicted octanol–water partition coefficient (Wildman–Crippen LogP) is 0.767. The Bertz CT molecular complexity index is 296. The molecule has 3 fully saturated rings. The third-order valence-corrected chi connectivity index (χ3v) is 4.41. The van der Waals surface area contributed by atoms with Crippen LogP contribution in [-0.2, 0) is 9.53 Å². The van der Waals surface area contributed by atoms with E-state index in [9.17, 15) is 4.79 Å². The van der Waals surface area contributed by atoms with Gasteiger partial charge in [-0.05, 0) is 12.8 Å². The van der Waals surface area contributed by atoms with Gasteiger partial charge in [0.15, 0.2) is 0 Å². The van der Waals surface area contributed by atoms with E-state index in [1.807, 2.05) is 0 Å². The van der Waals surface area contributed by atoms with Crippen LogP contribution in [-0.4, -0.2) is 49.2 Å². The molecule has 3 aliphatic rings. The molecule has 0 radical (unpaired) electrons. The van der Waals surface area contributed by atoms with E-state index in [0.29, 0.717) is 18.4 Å². The lowest BCUT2D eigenvalue weighted by Crippen LogP contribution is -2.69. The smallest absolute Gasteiger partial charge is 0.225 e. The number of carbonyl (C=O) groups is 1. The van der Waals surface area contributed by atoms with E-state index >= 15 is 0 Å². The predicted molar refractivity (Wildman–Crippen MR) is 64.7 cm³/mol. The van der Waals surface area contributed by atoms with Crippen LogP contribution in [0.2, 0.25) is 0 Å². The summed E-state index contributed by atoms with van der Waals surface area (Å²) in [5.74, 6) is 0.686. The summed E-state index contributed by atoms with van der Waals surface area (Å²) < 4.78 is 5.81. The van der Waals surface area contributed by atoms with Gasteiger partial charge in [-0.25, -0.2) is 0 Å². The monoisotopic (exact) mass is 238 g/mol. The van der Waals surface area contributed by atoms with E-state index < -0.39 is 0 Å². The van der Waals surface area contributed by atoms with Gasteiger partial charge in [0.1, 0.15) is 5.60 Å². The van der Waals surface area contributed by atoms with Crippen LogP contribution < -0.4 is 5.32 Å². The lowest BCUT2D eigenvalue weighted by molar-refractivity contribution is -0.163. The minimum Gasteiger partial charge on any atom is -0.369 e. The van der Waals surface area contributed by atoms with Crippen LogP contribution in [0.25, 0.3) is 0 Å². The van der Waals surface area contributed by atoms with Gasteiger partial charge in [-0.1, -0.05) is 19.3 Å². The molecule has 2 aliphatic heterocycles. The minimum absolute atomic E-state index is 0.0530. The molecule has 1 N–H and O–H groups in total. The molecule has 0 atom stereocenters. The van der Waals surface area contributed by atoms with Gasteiger partial charge in [0, 0.05) is 25.6 Å². The fourth-order valence-electron chi connectivity index (χ4n) is 3.26. The molecular formula is C13H22N2O2. The molecule has 4 heteroatoms. The SMILES string of the molecule is O=C(C1CCCCC1)N1CCOC2(CNC2)C1. The average molecular weight is 238 g/mol. The highest BCUT2D eigenvalue weighted by Gasteiger charge is 2.44. The maximum atomic E-state index is 12.4. The summed E-state index contributed by atoms with van der Waals surface area (Å²) in [5.41, 5.74) is -0.0530. The third-order valence-electron chi connectivity index (χ3n) is 4.41. The zero-order valence-electron chi connectivity index (χ0n) is 10.4. The number of hydrogen-bond acceptors (Lipinski definition) is 3. The van der Waals surface area contributed by atoms with Crippen LogP contribution in [0.15, 0.2) is 0 Å².